The van der Waals surface area contributed by atoms with Gasteiger partial charge in [-0.1, -0.05) is 6.92 Å². The Morgan fingerprint density at radius 3 is 2.48 bits per heavy atom. The van der Waals surface area contributed by atoms with Crippen molar-refractivity contribution < 1.29 is 9.53 Å². The SMILES string of the molecule is CCNC(=NCC(C)(C)NC(=O)OC(C)(C)C)NCCc1ncc(CC)s1. The molecular weight excluding hydrogens is 362 g/mol. The molecule has 0 aliphatic carbocycles. The van der Waals surface area contributed by atoms with Crippen LogP contribution in [0.1, 0.15) is 58.4 Å². The number of hydrogen-bond acceptors (Lipinski definition) is 5. The minimum absolute atomic E-state index is 0.429. The highest BCUT2D eigenvalue weighted by molar-refractivity contribution is 7.11. The van der Waals surface area contributed by atoms with Gasteiger partial charge in [-0.3, -0.25) is 4.99 Å². The van der Waals surface area contributed by atoms with E-state index in [1.54, 1.807) is 11.3 Å². The van der Waals surface area contributed by atoms with Crippen molar-refractivity contribution in [1.82, 2.24) is 20.9 Å². The van der Waals surface area contributed by atoms with E-state index in [1.807, 2.05) is 47.7 Å². The van der Waals surface area contributed by atoms with Crippen LogP contribution in [0.2, 0.25) is 0 Å². The summed E-state index contributed by atoms with van der Waals surface area (Å²) in [5.41, 5.74) is -1.04. The molecule has 0 fully saturated rings. The third-order valence-corrected chi connectivity index (χ3v) is 4.60. The number of ether oxygens (including phenoxy) is 1. The van der Waals surface area contributed by atoms with Crippen molar-refractivity contribution in [2.75, 3.05) is 19.6 Å². The lowest BCUT2D eigenvalue weighted by Crippen LogP contribution is -2.49. The van der Waals surface area contributed by atoms with Gasteiger partial charge in [-0.15, -0.1) is 11.3 Å². The van der Waals surface area contributed by atoms with Crippen LogP contribution in [0.15, 0.2) is 11.2 Å². The molecule has 27 heavy (non-hydrogen) atoms. The highest BCUT2D eigenvalue weighted by Crippen LogP contribution is 2.13. The van der Waals surface area contributed by atoms with Crippen LogP contribution >= 0.6 is 11.3 Å². The van der Waals surface area contributed by atoms with Crippen molar-refractivity contribution >= 4 is 23.4 Å². The number of nitrogens with one attached hydrogen (secondary N) is 3. The van der Waals surface area contributed by atoms with Crippen LogP contribution in [0.5, 0.6) is 0 Å². The van der Waals surface area contributed by atoms with E-state index in [0.29, 0.717) is 6.54 Å². The van der Waals surface area contributed by atoms with Gasteiger partial charge in [0.1, 0.15) is 5.60 Å². The number of rotatable bonds is 8. The molecule has 3 N–H and O–H groups in total. The van der Waals surface area contributed by atoms with Gasteiger partial charge in [-0.05, 0) is 48.0 Å². The van der Waals surface area contributed by atoms with Gasteiger partial charge in [0.15, 0.2) is 5.96 Å². The number of aromatic nitrogens is 1. The van der Waals surface area contributed by atoms with Crippen LogP contribution in [0.3, 0.4) is 0 Å². The molecule has 0 spiro atoms. The predicted octanol–water partition coefficient (Wildman–Crippen LogP) is 3.11. The first-order valence-electron chi connectivity index (χ1n) is 9.51. The Morgan fingerprint density at radius 2 is 1.93 bits per heavy atom. The summed E-state index contributed by atoms with van der Waals surface area (Å²) in [5, 5.41) is 10.5. The van der Waals surface area contributed by atoms with Crippen molar-refractivity contribution in [3.8, 4) is 0 Å². The quantitative estimate of drug-likeness (QED) is 0.463. The zero-order valence-corrected chi connectivity index (χ0v) is 18.5. The molecule has 0 unspecified atom stereocenters. The third-order valence-electron chi connectivity index (χ3n) is 3.40. The number of amides is 1. The second-order valence-electron chi connectivity index (χ2n) is 7.96. The van der Waals surface area contributed by atoms with E-state index in [0.717, 1.165) is 36.9 Å². The van der Waals surface area contributed by atoms with Crippen LogP contribution in [0, 0.1) is 0 Å². The molecule has 0 aromatic carbocycles. The zero-order valence-electron chi connectivity index (χ0n) is 17.7. The van der Waals surface area contributed by atoms with Gasteiger partial charge in [0.25, 0.3) is 0 Å². The van der Waals surface area contributed by atoms with Crippen LogP contribution in [-0.2, 0) is 17.6 Å². The van der Waals surface area contributed by atoms with Crippen molar-refractivity contribution in [3.63, 3.8) is 0 Å². The Kier molecular flexibility index (Phi) is 9.02. The van der Waals surface area contributed by atoms with Crippen molar-refractivity contribution in [2.45, 2.75) is 72.4 Å². The first kappa shape index (κ1) is 23.2. The molecule has 7 nitrogen and oxygen atoms in total. The van der Waals surface area contributed by atoms with Gasteiger partial charge < -0.3 is 20.7 Å². The average Bonchev–Trinajstić information content (AvgIpc) is 2.98. The van der Waals surface area contributed by atoms with Crippen molar-refractivity contribution in [1.29, 1.82) is 0 Å². The van der Waals surface area contributed by atoms with Crippen LogP contribution < -0.4 is 16.0 Å². The van der Waals surface area contributed by atoms with Gasteiger partial charge in [0, 0.05) is 30.6 Å². The van der Waals surface area contributed by atoms with Crippen LogP contribution in [0.25, 0.3) is 0 Å². The third kappa shape index (κ3) is 10.2. The Bertz CT molecular complexity index is 620. The number of thiazole rings is 1. The molecule has 8 heteroatoms. The fourth-order valence-electron chi connectivity index (χ4n) is 2.15. The topological polar surface area (TPSA) is 87.6 Å². The Balaban J connectivity index is 2.54. The summed E-state index contributed by atoms with van der Waals surface area (Å²) < 4.78 is 5.32. The monoisotopic (exact) mass is 397 g/mol. The second kappa shape index (κ2) is 10.5. The summed E-state index contributed by atoms with van der Waals surface area (Å²) in [6.07, 6.45) is 3.39. The molecule has 0 aliphatic heterocycles. The fourth-order valence-corrected chi connectivity index (χ4v) is 3.01. The molecule has 1 aromatic rings. The first-order chi connectivity index (χ1) is 12.5. The molecule has 0 saturated carbocycles. The Hall–Kier alpha value is -1.83. The van der Waals surface area contributed by atoms with Crippen molar-refractivity contribution in [2.24, 2.45) is 4.99 Å². The Labute approximate surface area is 167 Å². The number of aryl methyl sites for hydroxylation is 1. The summed E-state index contributed by atoms with van der Waals surface area (Å²) in [6, 6.07) is 0. The molecule has 1 aromatic heterocycles. The zero-order chi connectivity index (χ0) is 20.5. The molecule has 0 saturated heterocycles. The average molecular weight is 398 g/mol. The summed E-state index contributed by atoms with van der Waals surface area (Å²) in [6.45, 7) is 15.5. The number of nitrogens with zero attached hydrogens (tertiary/aromatic N) is 2. The number of aliphatic imine (C=N–C) groups is 1. The van der Waals surface area contributed by atoms with Crippen LogP contribution in [-0.4, -0.2) is 47.8 Å². The number of hydrogen-bond donors (Lipinski definition) is 3. The minimum Gasteiger partial charge on any atom is -0.444 e. The molecule has 1 amide bonds. The first-order valence-corrected chi connectivity index (χ1v) is 10.3. The number of carbonyl (C=O) groups is 1. The summed E-state index contributed by atoms with van der Waals surface area (Å²) in [5.74, 6) is 0.726. The van der Waals surface area contributed by atoms with Gasteiger partial charge in [0.05, 0.1) is 17.1 Å². The van der Waals surface area contributed by atoms with E-state index in [9.17, 15) is 4.79 Å². The van der Waals surface area contributed by atoms with E-state index in [4.69, 9.17) is 4.74 Å². The largest absolute Gasteiger partial charge is 0.444 e. The normalized spacial score (nSPS) is 12.6. The standard InChI is InChI=1S/C19H35N5O2S/c1-8-14-12-22-15(27-14)10-11-21-16(20-9-2)23-13-19(6,7)24-17(25)26-18(3,4)5/h12H,8-11,13H2,1-7H3,(H,24,25)(H2,20,21,23). The van der Waals surface area contributed by atoms with Gasteiger partial charge in [-0.25, -0.2) is 9.78 Å². The highest BCUT2D eigenvalue weighted by atomic mass is 32.1. The maximum absolute atomic E-state index is 12.0. The van der Waals surface area contributed by atoms with Gasteiger partial charge in [-0.2, -0.15) is 0 Å². The summed E-state index contributed by atoms with van der Waals surface area (Å²) >= 11 is 1.75. The van der Waals surface area contributed by atoms with E-state index in [2.05, 4.69) is 32.9 Å². The van der Waals surface area contributed by atoms with E-state index in [-0.39, 0.29) is 0 Å². The molecule has 154 valence electrons. The molecule has 1 rings (SSSR count). The summed E-state index contributed by atoms with van der Waals surface area (Å²) in [7, 11) is 0. The molecule has 0 radical (unpaired) electrons. The maximum Gasteiger partial charge on any atom is 0.408 e. The number of guanidine groups is 1. The van der Waals surface area contributed by atoms with Crippen molar-refractivity contribution in [3.05, 3.63) is 16.1 Å². The lowest BCUT2D eigenvalue weighted by Gasteiger charge is -2.27. The number of alkyl carbamates (subject to hydrolysis) is 1. The summed E-state index contributed by atoms with van der Waals surface area (Å²) in [4.78, 5) is 22.3. The van der Waals surface area contributed by atoms with Crippen LogP contribution in [0.4, 0.5) is 4.79 Å². The second-order valence-corrected chi connectivity index (χ2v) is 9.16. The molecule has 0 bridgehead atoms. The number of carbonyl (C=O) groups excluding carboxylic acids is 1. The highest BCUT2D eigenvalue weighted by Gasteiger charge is 2.24. The smallest absolute Gasteiger partial charge is 0.408 e. The fraction of sp³-hybridized carbons (Fsp3) is 0.737. The lowest BCUT2D eigenvalue weighted by atomic mass is 10.1. The van der Waals surface area contributed by atoms with E-state index in [1.165, 1.54) is 4.88 Å². The predicted molar refractivity (Wildman–Crippen MR) is 113 cm³/mol. The maximum atomic E-state index is 12.0. The Morgan fingerprint density at radius 1 is 1.22 bits per heavy atom. The van der Waals surface area contributed by atoms with Gasteiger partial charge >= 0.3 is 6.09 Å². The molecule has 0 aliphatic rings. The lowest BCUT2D eigenvalue weighted by molar-refractivity contribution is 0.0476. The van der Waals surface area contributed by atoms with E-state index < -0.39 is 17.2 Å². The molecular formula is C19H35N5O2S. The minimum atomic E-state index is -0.520. The van der Waals surface area contributed by atoms with Gasteiger partial charge in [0.2, 0.25) is 0 Å². The molecule has 1 heterocycles. The van der Waals surface area contributed by atoms with E-state index >= 15 is 0 Å². The molecule has 0 atom stereocenters.